The largest absolute Gasteiger partial charge is 0.822 e. The molecule has 1 aromatic rings. The maximum atomic E-state index is 12.1. The SMILES string of the molecule is CC(=O)CC(=O)N1CCN(c2nc(OC(C)[O-])c([N+](=O)[O-])c(N3CCSCC3)n2)CC1. The summed E-state index contributed by atoms with van der Waals surface area (Å²) < 4.78 is 5.16. The summed E-state index contributed by atoms with van der Waals surface area (Å²) in [5, 5.41) is 23.4. The monoisotopic (exact) mass is 453 g/mol. The summed E-state index contributed by atoms with van der Waals surface area (Å²) in [5.41, 5.74) is -0.409. The van der Waals surface area contributed by atoms with E-state index in [2.05, 4.69) is 9.97 Å². The molecule has 1 amide bonds. The van der Waals surface area contributed by atoms with Gasteiger partial charge in [-0.2, -0.15) is 21.7 Å². The molecule has 13 heteroatoms. The molecular formula is C18H25N6O6S-. The fraction of sp³-hybridized carbons (Fsp3) is 0.667. The van der Waals surface area contributed by atoms with Gasteiger partial charge in [0, 0.05) is 57.1 Å². The smallest absolute Gasteiger partial charge is 0.373 e. The lowest BCUT2D eigenvalue weighted by Crippen LogP contribution is -2.49. The predicted molar refractivity (Wildman–Crippen MR) is 112 cm³/mol. The molecule has 2 fully saturated rings. The van der Waals surface area contributed by atoms with Gasteiger partial charge >= 0.3 is 11.6 Å². The fourth-order valence-corrected chi connectivity index (χ4v) is 4.33. The second-order valence-corrected chi connectivity index (χ2v) is 8.51. The topological polar surface area (TPSA) is 145 Å². The lowest BCUT2D eigenvalue weighted by atomic mass is 10.2. The highest BCUT2D eigenvalue weighted by molar-refractivity contribution is 7.99. The summed E-state index contributed by atoms with van der Waals surface area (Å²) in [4.78, 5) is 48.4. The van der Waals surface area contributed by atoms with Crippen molar-refractivity contribution in [3.8, 4) is 5.88 Å². The van der Waals surface area contributed by atoms with Crippen molar-refractivity contribution in [3.63, 3.8) is 0 Å². The first-order valence-electron chi connectivity index (χ1n) is 10.00. The molecule has 2 aliphatic rings. The minimum absolute atomic E-state index is 0.134. The summed E-state index contributed by atoms with van der Waals surface area (Å²) in [6.45, 7) is 5.31. The van der Waals surface area contributed by atoms with Gasteiger partial charge in [0.25, 0.3) is 0 Å². The van der Waals surface area contributed by atoms with Gasteiger partial charge in [-0.15, -0.1) is 0 Å². The number of ether oxygens (including phenoxy) is 1. The molecule has 31 heavy (non-hydrogen) atoms. The van der Waals surface area contributed by atoms with Crippen LogP contribution in [0.15, 0.2) is 0 Å². The van der Waals surface area contributed by atoms with Gasteiger partial charge in [0.1, 0.15) is 5.78 Å². The van der Waals surface area contributed by atoms with Crippen molar-refractivity contribution in [1.29, 1.82) is 0 Å². The third-order valence-electron chi connectivity index (χ3n) is 4.91. The first kappa shape index (κ1) is 23.0. The number of nitro groups is 1. The Hall–Kier alpha value is -2.67. The third-order valence-corrected chi connectivity index (χ3v) is 5.85. The van der Waals surface area contributed by atoms with Gasteiger partial charge < -0.3 is 24.5 Å². The van der Waals surface area contributed by atoms with Crippen LogP contribution in [0.4, 0.5) is 17.5 Å². The molecule has 2 aliphatic heterocycles. The normalized spacial score (nSPS) is 18.0. The molecule has 170 valence electrons. The molecular weight excluding hydrogens is 428 g/mol. The van der Waals surface area contributed by atoms with Crippen LogP contribution in [0.5, 0.6) is 5.88 Å². The second-order valence-electron chi connectivity index (χ2n) is 7.29. The van der Waals surface area contributed by atoms with E-state index in [4.69, 9.17) is 4.74 Å². The third kappa shape index (κ3) is 5.73. The number of nitrogens with zero attached hydrogens (tertiary/aromatic N) is 6. The Kier molecular flexibility index (Phi) is 7.49. The number of carbonyl (C=O) groups excluding carboxylic acids is 2. The molecule has 0 saturated carbocycles. The van der Waals surface area contributed by atoms with Crippen LogP contribution in [0.3, 0.4) is 0 Å². The first-order valence-corrected chi connectivity index (χ1v) is 11.2. The van der Waals surface area contributed by atoms with E-state index < -0.39 is 16.9 Å². The lowest BCUT2D eigenvalue weighted by molar-refractivity contribution is -0.468. The highest BCUT2D eigenvalue weighted by Gasteiger charge is 2.33. The van der Waals surface area contributed by atoms with Crippen molar-refractivity contribution < 1.29 is 24.4 Å². The molecule has 0 N–H and O–H groups in total. The Balaban J connectivity index is 1.89. The van der Waals surface area contributed by atoms with Gasteiger partial charge in [-0.25, -0.2) is 0 Å². The van der Waals surface area contributed by atoms with Crippen LogP contribution >= 0.6 is 11.8 Å². The summed E-state index contributed by atoms with van der Waals surface area (Å²) in [5.74, 6) is 1.20. The molecule has 1 unspecified atom stereocenters. The zero-order valence-electron chi connectivity index (χ0n) is 17.5. The van der Waals surface area contributed by atoms with Gasteiger partial charge in [-0.05, 0) is 13.8 Å². The maximum Gasteiger partial charge on any atom is 0.373 e. The molecule has 0 bridgehead atoms. The number of piperazine rings is 1. The van der Waals surface area contributed by atoms with Gasteiger partial charge in [0.15, 0.2) is 0 Å². The number of Topliss-reactive ketones (excluding diaryl/α,β-unsaturated/α-hetero) is 1. The summed E-state index contributed by atoms with van der Waals surface area (Å²) in [6.07, 6.45) is -1.67. The van der Waals surface area contributed by atoms with Crippen molar-refractivity contribution in [2.24, 2.45) is 0 Å². The molecule has 2 saturated heterocycles. The van der Waals surface area contributed by atoms with Crippen molar-refractivity contribution >= 4 is 40.9 Å². The van der Waals surface area contributed by atoms with Crippen LogP contribution in [0.1, 0.15) is 20.3 Å². The highest BCUT2D eigenvalue weighted by atomic mass is 32.2. The lowest BCUT2D eigenvalue weighted by Gasteiger charge is -2.35. The first-order chi connectivity index (χ1) is 14.8. The zero-order valence-corrected chi connectivity index (χ0v) is 18.3. The average molecular weight is 454 g/mol. The number of anilines is 2. The van der Waals surface area contributed by atoms with Crippen LogP contribution in [-0.2, 0) is 9.59 Å². The fourth-order valence-electron chi connectivity index (χ4n) is 3.43. The Morgan fingerprint density at radius 2 is 1.77 bits per heavy atom. The number of rotatable bonds is 7. The van der Waals surface area contributed by atoms with Crippen LogP contribution < -0.4 is 19.6 Å². The Morgan fingerprint density at radius 1 is 1.13 bits per heavy atom. The van der Waals surface area contributed by atoms with Crippen LogP contribution in [0.2, 0.25) is 0 Å². The minimum atomic E-state index is -1.53. The molecule has 12 nitrogen and oxygen atoms in total. The maximum absolute atomic E-state index is 12.1. The number of amides is 1. The number of thioether (sulfide) groups is 1. The van der Waals surface area contributed by atoms with Gasteiger partial charge in [0.2, 0.25) is 17.7 Å². The molecule has 1 aromatic heterocycles. The van der Waals surface area contributed by atoms with E-state index >= 15 is 0 Å². The van der Waals surface area contributed by atoms with E-state index in [9.17, 15) is 24.8 Å². The average Bonchev–Trinajstić information content (AvgIpc) is 2.72. The molecule has 0 aliphatic carbocycles. The van der Waals surface area contributed by atoms with Gasteiger partial charge in [-0.1, -0.05) is 0 Å². The number of ketones is 1. The van der Waals surface area contributed by atoms with Crippen molar-refractivity contribution in [1.82, 2.24) is 14.9 Å². The second kappa shape index (κ2) is 10.1. The Bertz CT molecular complexity index is 839. The Morgan fingerprint density at radius 3 is 2.32 bits per heavy atom. The minimum Gasteiger partial charge on any atom is -0.822 e. The molecule has 0 aromatic carbocycles. The summed E-state index contributed by atoms with van der Waals surface area (Å²) in [6, 6.07) is 0. The summed E-state index contributed by atoms with van der Waals surface area (Å²) >= 11 is 1.75. The zero-order chi connectivity index (χ0) is 22.5. The standard InChI is InChI=1S/C18H25N6O6S/c1-12(25)11-14(27)21-3-5-23(6-4-21)18-19-16(22-7-9-31-10-8-22)15(24(28)29)17(20-18)30-13(2)26/h13H,3-11H2,1-2H3/q-1. The van der Waals surface area contributed by atoms with E-state index in [-0.39, 0.29) is 35.8 Å². The number of hydrogen-bond acceptors (Lipinski definition) is 11. The molecule has 1 atom stereocenters. The molecule has 3 heterocycles. The van der Waals surface area contributed by atoms with E-state index in [0.717, 1.165) is 11.5 Å². The van der Waals surface area contributed by atoms with E-state index in [1.54, 1.807) is 21.6 Å². The van der Waals surface area contributed by atoms with E-state index in [1.807, 2.05) is 4.90 Å². The molecule has 0 radical (unpaired) electrons. The van der Waals surface area contributed by atoms with E-state index in [0.29, 0.717) is 39.3 Å². The molecule has 0 spiro atoms. The predicted octanol–water partition coefficient (Wildman–Crippen LogP) is -0.349. The van der Waals surface area contributed by atoms with Crippen molar-refractivity contribution in [3.05, 3.63) is 10.1 Å². The van der Waals surface area contributed by atoms with Gasteiger partial charge in [0.05, 0.1) is 11.3 Å². The van der Waals surface area contributed by atoms with Crippen molar-refractivity contribution in [2.45, 2.75) is 26.6 Å². The number of aromatic nitrogens is 2. The number of carbonyl (C=O) groups is 2. The van der Waals surface area contributed by atoms with Crippen molar-refractivity contribution in [2.75, 3.05) is 60.6 Å². The van der Waals surface area contributed by atoms with Crippen LogP contribution in [-0.4, -0.2) is 88.5 Å². The van der Waals surface area contributed by atoms with Gasteiger partial charge in [-0.3, -0.25) is 19.7 Å². The molecule has 3 rings (SSSR count). The highest BCUT2D eigenvalue weighted by Crippen LogP contribution is 2.37. The Labute approximate surface area is 183 Å². The van der Waals surface area contributed by atoms with Crippen LogP contribution in [0.25, 0.3) is 0 Å². The number of hydrogen-bond donors (Lipinski definition) is 0. The van der Waals surface area contributed by atoms with Crippen LogP contribution in [0, 0.1) is 10.1 Å². The quantitative estimate of drug-likeness (QED) is 0.231. The summed E-state index contributed by atoms with van der Waals surface area (Å²) in [7, 11) is 0. The van der Waals surface area contributed by atoms with E-state index in [1.165, 1.54) is 13.8 Å².